The zero-order valence-electron chi connectivity index (χ0n) is 16.2. The van der Waals surface area contributed by atoms with Crippen molar-refractivity contribution in [2.75, 3.05) is 12.0 Å². The minimum absolute atomic E-state index is 0.00764. The molecule has 6 nitrogen and oxygen atoms in total. The lowest BCUT2D eigenvalue weighted by Crippen LogP contribution is -2.47. The molecule has 0 saturated heterocycles. The van der Waals surface area contributed by atoms with Crippen LogP contribution >= 0.6 is 11.8 Å². The van der Waals surface area contributed by atoms with Crippen molar-refractivity contribution < 1.29 is 23.9 Å². The van der Waals surface area contributed by atoms with E-state index >= 15 is 0 Å². The number of ketones is 1. The lowest BCUT2D eigenvalue weighted by molar-refractivity contribution is -0.138. The second kappa shape index (κ2) is 9.05. The molecule has 1 heterocycles. The first kappa shape index (κ1) is 20.8. The quantitative estimate of drug-likeness (QED) is 0.286. The monoisotopic (exact) mass is 411 g/mol. The fourth-order valence-corrected chi connectivity index (χ4v) is 3.63. The average Bonchev–Trinajstić information content (AvgIpc) is 2.99. The third-order valence-electron chi connectivity index (χ3n) is 4.72. The van der Waals surface area contributed by atoms with E-state index in [1.807, 2.05) is 6.26 Å². The maximum atomic E-state index is 12.9. The number of Topliss-reactive ketones (excluding diaryl/α,β-unsaturated/α-hetero) is 1. The third kappa shape index (κ3) is 4.24. The minimum Gasteiger partial charge on any atom is -0.425 e. The molecular weight excluding hydrogens is 390 g/mol. The number of rotatable bonds is 8. The molecule has 0 N–H and O–H groups in total. The highest BCUT2D eigenvalue weighted by Crippen LogP contribution is 2.27. The number of nitrogens with zero attached hydrogens (tertiary/aromatic N) is 1. The lowest BCUT2D eigenvalue weighted by Gasteiger charge is -2.24. The Morgan fingerprint density at radius 1 is 1.00 bits per heavy atom. The fourth-order valence-electron chi connectivity index (χ4n) is 3.17. The molecule has 0 bridgehead atoms. The molecule has 0 aromatic heterocycles. The maximum absolute atomic E-state index is 12.9. The van der Waals surface area contributed by atoms with E-state index in [0.717, 1.165) is 4.90 Å². The molecular formula is C22H21NO5S. The van der Waals surface area contributed by atoms with Crippen LogP contribution in [0.15, 0.2) is 48.5 Å². The van der Waals surface area contributed by atoms with Crippen LogP contribution in [0.5, 0.6) is 5.75 Å². The summed E-state index contributed by atoms with van der Waals surface area (Å²) in [4.78, 5) is 51.2. The highest BCUT2D eigenvalue weighted by molar-refractivity contribution is 7.98. The van der Waals surface area contributed by atoms with Crippen molar-refractivity contribution in [1.29, 1.82) is 0 Å². The Morgan fingerprint density at radius 3 is 2.10 bits per heavy atom. The Labute approximate surface area is 173 Å². The molecule has 2 aromatic rings. The summed E-state index contributed by atoms with van der Waals surface area (Å²) in [5, 5.41) is 0. The smallest absolute Gasteiger partial charge is 0.334 e. The van der Waals surface area contributed by atoms with Crippen molar-refractivity contribution in [2.45, 2.75) is 25.8 Å². The highest BCUT2D eigenvalue weighted by Gasteiger charge is 2.43. The molecule has 2 aromatic carbocycles. The van der Waals surface area contributed by atoms with E-state index in [0.29, 0.717) is 28.9 Å². The first-order valence-electron chi connectivity index (χ1n) is 9.28. The van der Waals surface area contributed by atoms with Crippen LogP contribution in [-0.2, 0) is 4.79 Å². The zero-order chi connectivity index (χ0) is 21.0. The summed E-state index contributed by atoms with van der Waals surface area (Å²) >= 11 is 1.51. The van der Waals surface area contributed by atoms with E-state index in [-0.39, 0.29) is 18.0 Å². The number of imide groups is 1. The number of thioether (sulfide) groups is 1. The van der Waals surface area contributed by atoms with E-state index in [1.165, 1.54) is 23.9 Å². The highest BCUT2D eigenvalue weighted by atomic mass is 32.2. The average molecular weight is 411 g/mol. The molecule has 150 valence electrons. The number of carbonyl (C=O) groups excluding carboxylic acids is 4. The molecule has 1 aliphatic heterocycles. The molecule has 1 aliphatic rings. The number of carbonyl (C=O) groups is 4. The summed E-state index contributed by atoms with van der Waals surface area (Å²) in [6, 6.07) is 11.8. The topological polar surface area (TPSA) is 80.8 Å². The summed E-state index contributed by atoms with van der Waals surface area (Å²) in [5.74, 6) is -0.824. The van der Waals surface area contributed by atoms with Gasteiger partial charge in [0, 0.05) is 12.0 Å². The number of benzene rings is 2. The Kier molecular flexibility index (Phi) is 6.49. The predicted molar refractivity (Wildman–Crippen MR) is 110 cm³/mol. The van der Waals surface area contributed by atoms with Crippen LogP contribution in [0.2, 0.25) is 0 Å². The number of ether oxygens (including phenoxy) is 1. The van der Waals surface area contributed by atoms with Gasteiger partial charge in [-0.25, -0.2) is 4.79 Å². The van der Waals surface area contributed by atoms with Gasteiger partial charge in [0.25, 0.3) is 11.8 Å². The van der Waals surface area contributed by atoms with Gasteiger partial charge in [0.05, 0.1) is 11.1 Å². The SMILES string of the molecule is CCC(=O)c1ccc(OC(=O)[C@@H](CCSC)N2C(=O)c3ccccc3C2=O)cc1. The Morgan fingerprint density at radius 2 is 1.59 bits per heavy atom. The molecule has 3 rings (SSSR count). The summed E-state index contributed by atoms with van der Waals surface area (Å²) in [6.07, 6.45) is 2.56. The molecule has 2 amide bonds. The van der Waals surface area contributed by atoms with E-state index in [1.54, 1.807) is 43.3 Å². The van der Waals surface area contributed by atoms with E-state index in [2.05, 4.69) is 0 Å². The molecule has 29 heavy (non-hydrogen) atoms. The van der Waals surface area contributed by atoms with Gasteiger partial charge in [-0.3, -0.25) is 19.3 Å². The number of esters is 1. The predicted octanol–water partition coefficient (Wildman–Crippen LogP) is 3.60. The van der Waals surface area contributed by atoms with Crippen molar-refractivity contribution in [2.24, 2.45) is 0 Å². The Balaban J connectivity index is 1.82. The molecule has 0 aliphatic carbocycles. The van der Waals surface area contributed by atoms with Gasteiger partial charge in [-0.2, -0.15) is 11.8 Å². The van der Waals surface area contributed by atoms with Crippen LogP contribution in [0.1, 0.15) is 50.8 Å². The molecule has 0 spiro atoms. The number of fused-ring (bicyclic) bond motifs is 1. The van der Waals surface area contributed by atoms with Crippen LogP contribution < -0.4 is 4.74 Å². The van der Waals surface area contributed by atoms with E-state index in [9.17, 15) is 19.2 Å². The largest absolute Gasteiger partial charge is 0.425 e. The van der Waals surface area contributed by atoms with Crippen molar-refractivity contribution in [3.8, 4) is 5.75 Å². The standard InChI is InChI=1S/C22H21NO5S/c1-3-19(24)14-8-10-15(11-9-14)28-22(27)18(12-13-29-2)23-20(25)16-6-4-5-7-17(16)21(23)26/h4-11,18H,3,12-13H2,1-2H3/t18-/m1/s1. The van der Waals surface area contributed by atoms with Gasteiger partial charge >= 0.3 is 5.97 Å². The number of hydrogen-bond acceptors (Lipinski definition) is 6. The normalized spacial score (nSPS) is 13.9. The maximum Gasteiger partial charge on any atom is 0.334 e. The minimum atomic E-state index is -1.02. The summed E-state index contributed by atoms with van der Waals surface area (Å²) in [7, 11) is 0. The van der Waals surface area contributed by atoms with E-state index in [4.69, 9.17) is 4.74 Å². The molecule has 0 radical (unpaired) electrons. The van der Waals surface area contributed by atoms with Gasteiger partial charge in [0.2, 0.25) is 0 Å². The zero-order valence-corrected chi connectivity index (χ0v) is 17.0. The fraction of sp³-hybridized carbons (Fsp3) is 0.273. The van der Waals surface area contributed by atoms with Crippen molar-refractivity contribution in [3.63, 3.8) is 0 Å². The molecule has 0 fully saturated rings. The summed E-state index contributed by atoms with van der Waals surface area (Å²) in [6.45, 7) is 1.77. The Hall–Kier alpha value is -2.93. The molecule has 1 atom stereocenters. The van der Waals surface area contributed by atoms with Crippen molar-refractivity contribution in [3.05, 3.63) is 65.2 Å². The van der Waals surface area contributed by atoms with Crippen LogP contribution in [0.4, 0.5) is 0 Å². The first-order chi connectivity index (χ1) is 14.0. The summed E-state index contributed by atoms with van der Waals surface area (Å²) in [5.41, 5.74) is 1.12. The van der Waals surface area contributed by atoms with Crippen LogP contribution in [0.25, 0.3) is 0 Å². The summed E-state index contributed by atoms with van der Waals surface area (Å²) < 4.78 is 5.44. The second-order valence-electron chi connectivity index (χ2n) is 6.55. The van der Waals surface area contributed by atoms with Crippen LogP contribution in [-0.4, -0.2) is 46.5 Å². The van der Waals surface area contributed by atoms with Gasteiger partial charge in [-0.1, -0.05) is 19.1 Å². The molecule has 7 heteroatoms. The second-order valence-corrected chi connectivity index (χ2v) is 7.53. The first-order valence-corrected chi connectivity index (χ1v) is 10.7. The van der Waals surface area contributed by atoms with E-state index < -0.39 is 23.8 Å². The van der Waals surface area contributed by atoms with Crippen LogP contribution in [0.3, 0.4) is 0 Å². The van der Waals surface area contributed by atoms with Gasteiger partial charge in [-0.05, 0) is 54.8 Å². The Bertz CT molecular complexity index is 919. The molecule has 0 saturated carbocycles. The van der Waals surface area contributed by atoms with Crippen molar-refractivity contribution in [1.82, 2.24) is 4.90 Å². The van der Waals surface area contributed by atoms with Crippen molar-refractivity contribution >= 4 is 35.3 Å². The van der Waals surface area contributed by atoms with Gasteiger partial charge in [0.1, 0.15) is 11.8 Å². The van der Waals surface area contributed by atoms with Crippen LogP contribution in [0, 0.1) is 0 Å². The lowest BCUT2D eigenvalue weighted by atomic mass is 10.1. The third-order valence-corrected chi connectivity index (χ3v) is 5.36. The van der Waals surface area contributed by atoms with Gasteiger partial charge in [-0.15, -0.1) is 0 Å². The number of amides is 2. The van der Waals surface area contributed by atoms with Gasteiger partial charge < -0.3 is 4.74 Å². The van der Waals surface area contributed by atoms with Gasteiger partial charge in [0.15, 0.2) is 5.78 Å². The number of hydrogen-bond donors (Lipinski definition) is 0. The molecule has 0 unspecified atom stereocenters.